The maximum atomic E-state index is 6.49. The van der Waals surface area contributed by atoms with Gasteiger partial charge in [0.25, 0.3) is 0 Å². The Labute approximate surface area is 161 Å². The van der Waals surface area contributed by atoms with E-state index in [9.17, 15) is 0 Å². The van der Waals surface area contributed by atoms with Crippen LogP contribution >= 0.6 is 34.5 Å². The maximum absolute atomic E-state index is 6.49. The zero-order valence-electron chi connectivity index (χ0n) is 14.4. The summed E-state index contributed by atoms with van der Waals surface area (Å²) in [6, 6.07) is 9.88. The highest BCUT2D eigenvalue weighted by Crippen LogP contribution is 2.58. The molecule has 2 nitrogen and oxygen atoms in total. The molecule has 0 saturated heterocycles. The van der Waals surface area contributed by atoms with E-state index in [2.05, 4.69) is 18.0 Å². The standard InChI is InChI=1S/C20H18Cl2N2S/c1-11-7-8-14(12(2)23-11)18-13(3)25-19(24-18)20(9-10-20)17-15(21)5-4-6-16(17)22/h4-8H,9-10H2,1-3H3. The number of aryl methyl sites for hydroxylation is 3. The third-order valence-electron chi connectivity index (χ3n) is 4.88. The van der Waals surface area contributed by atoms with Crippen LogP contribution in [0, 0.1) is 20.8 Å². The molecule has 0 atom stereocenters. The molecule has 3 aromatic rings. The van der Waals surface area contributed by atoms with Gasteiger partial charge in [-0.3, -0.25) is 4.98 Å². The number of nitrogens with zero attached hydrogens (tertiary/aromatic N) is 2. The van der Waals surface area contributed by atoms with Gasteiger partial charge in [0.15, 0.2) is 0 Å². The minimum Gasteiger partial charge on any atom is -0.258 e. The second-order valence-electron chi connectivity index (χ2n) is 6.69. The first-order valence-electron chi connectivity index (χ1n) is 8.29. The lowest BCUT2D eigenvalue weighted by molar-refractivity contribution is 0.834. The minimum atomic E-state index is -0.130. The summed E-state index contributed by atoms with van der Waals surface area (Å²) >= 11 is 14.7. The summed E-state index contributed by atoms with van der Waals surface area (Å²) in [6.07, 6.45) is 2.07. The quantitative estimate of drug-likeness (QED) is 0.510. The number of hydrogen-bond donors (Lipinski definition) is 0. The number of benzene rings is 1. The van der Waals surface area contributed by atoms with E-state index in [1.807, 2.05) is 38.1 Å². The molecule has 0 bridgehead atoms. The number of hydrogen-bond acceptors (Lipinski definition) is 3. The third-order valence-corrected chi connectivity index (χ3v) is 6.68. The van der Waals surface area contributed by atoms with E-state index in [-0.39, 0.29) is 5.41 Å². The molecule has 1 aromatic carbocycles. The van der Waals surface area contributed by atoms with Gasteiger partial charge in [-0.15, -0.1) is 11.3 Å². The number of aromatic nitrogens is 2. The lowest BCUT2D eigenvalue weighted by Crippen LogP contribution is -2.10. The van der Waals surface area contributed by atoms with Crippen molar-refractivity contribution in [1.29, 1.82) is 0 Å². The van der Waals surface area contributed by atoms with E-state index < -0.39 is 0 Å². The molecule has 25 heavy (non-hydrogen) atoms. The topological polar surface area (TPSA) is 25.8 Å². The molecule has 1 saturated carbocycles. The maximum Gasteiger partial charge on any atom is 0.104 e. The molecule has 4 rings (SSSR count). The number of halogens is 2. The summed E-state index contributed by atoms with van der Waals surface area (Å²) in [6.45, 7) is 6.17. The van der Waals surface area contributed by atoms with Crippen LogP contribution in [-0.4, -0.2) is 9.97 Å². The zero-order valence-corrected chi connectivity index (χ0v) is 16.7. The highest BCUT2D eigenvalue weighted by atomic mass is 35.5. The summed E-state index contributed by atoms with van der Waals surface area (Å²) in [4.78, 5) is 10.8. The number of thiazole rings is 1. The Morgan fingerprint density at radius 1 is 0.960 bits per heavy atom. The van der Waals surface area contributed by atoms with Crippen molar-refractivity contribution < 1.29 is 0 Å². The Morgan fingerprint density at radius 3 is 2.24 bits per heavy atom. The fraction of sp³-hybridized carbons (Fsp3) is 0.300. The van der Waals surface area contributed by atoms with Crippen molar-refractivity contribution in [2.45, 2.75) is 39.0 Å². The van der Waals surface area contributed by atoms with Crippen LogP contribution in [0.15, 0.2) is 30.3 Å². The van der Waals surface area contributed by atoms with Crippen LogP contribution in [0.3, 0.4) is 0 Å². The second-order valence-corrected chi connectivity index (χ2v) is 8.71. The molecule has 128 valence electrons. The van der Waals surface area contributed by atoms with Gasteiger partial charge in [0.05, 0.1) is 11.1 Å². The van der Waals surface area contributed by atoms with Gasteiger partial charge in [-0.05, 0) is 57.9 Å². The monoisotopic (exact) mass is 388 g/mol. The zero-order chi connectivity index (χ0) is 17.8. The molecule has 1 aliphatic carbocycles. The lowest BCUT2D eigenvalue weighted by Gasteiger charge is -2.16. The molecule has 2 aromatic heterocycles. The van der Waals surface area contributed by atoms with Gasteiger partial charge in [0.2, 0.25) is 0 Å². The summed E-state index contributed by atoms with van der Waals surface area (Å²) in [5.41, 5.74) is 5.06. The van der Waals surface area contributed by atoms with Crippen LogP contribution in [0.2, 0.25) is 10.0 Å². The molecule has 0 spiro atoms. The highest BCUT2D eigenvalue weighted by molar-refractivity contribution is 7.12. The van der Waals surface area contributed by atoms with E-state index in [4.69, 9.17) is 28.2 Å². The Morgan fingerprint density at radius 2 is 1.64 bits per heavy atom. The molecular formula is C20H18Cl2N2S. The van der Waals surface area contributed by atoms with Gasteiger partial charge in [0, 0.05) is 37.4 Å². The minimum absolute atomic E-state index is 0.130. The Hall–Kier alpha value is -1.42. The van der Waals surface area contributed by atoms with Crippen molar-refractivity contribution in [3.63, 3.8) is 0 Å². The SMILES string of the molecule is Cc1ccc(-c2nc(C3(c4c(Cl)cccc4Cl)CC3)sc2C)c(C)n1. The molecular weight excluding hydrogens is 371 g/mol. The fourth-order valence-electron chi connectivity index (χ4n) is 3.44. The average Bonchev–Trinajstić information content (AvgIpc) is 3.24. The molecule has 2 heterocycles. The first-order chi connectivity index (χ1) is 11.9. The molecule has 0 unspecified atom stereocenters. The van der Waals surface area contributed by atoms with Gasteiger partial charge >= 0.3 is 0 Å². The van der Waals surface area contributed by atoms with Crippen molar-refractivity contribution in [2.75, 3.05) is 0 Å². The summed E-state index contributed by atoms with van der Waals surface area (Å²) in [7, 11) is 0. The van der Waals surface area contributed by atoms with Crippen molar-refractivity contribution in [2.24, 2.45) is 0 Å². The molecule has 0 aliphatic heterocycles. The molecule has 0 amide bonds. The van der Waals surface area contributed by atoms with Gasteiger partial charge in [0.1, 0.15) is 5.01 Å². The summed E-state index contributed by atoms with van der Waals surface area (Å²) in [5.74, 6) is 0. The van der Waals surface area contributed by atoms with Crippen LogP contribution in [0.1, 0.15) is 39.7 Å². The Balaban J connectivity index is 1.83. The van der Waals surface area contributed by atoms with Crippen LogP contribution in [0.25, 0.3) is 11.3 Å². The van der Waals surface area contributed by atoms with Gasteiger partial charge in [-0.1, -0.05) is 29.3 Å². The van der Waals surface area contributed by atoms with Gasteiger partial charge in [-0.25, -0.2) is 4.98 Å². The second kappa shape index (κ2) is 6.08. The molecule has 1 fully saturated rings. The molecule has 5 heteroatoms. The largest absolute Gasteiger partial charge is 0.258 e. The predicted octanol–water partition coefficient (Wildman–Crippen LogP) is 6.52. The van der Waals surface area contributed by atoms with Crippen molar-refractivity contribution in [3.05, 3.63) is 67.2 Å². The van der Waals surface area contributed by atoms with Gasteiger partial charge < -0.3 is 0 Å². The van der Waals surface area contributed by atoms with Crippen LogP contribution < -0.4 is 0 Å². The van der Waals surface area contributed by atoms with E-state index in [0.29, 0.717) is 0 Å². The Bertz CT molecular complexity index is 954. The van der Waals surface area contributed by atoms with Crippen molar-refractivity contribution >= 4 is 34.5 Å². The first-order valence-corrected chi connectivity index (χ1v) is 9.86. The average molecular weight is 389 g/mol. The smallest absolute Gasteiger partial charge is 0.104 e. The normalized spacial score (nSPS) is 15.4. The highest BCUT2D eigenvalue weighted by Gasteiger charge is 2.51. The summed E-state index contributed by atoms with van der Waals surface area (Å²) < 4.78 is 0. The van der Waals surface area contributed by atoms with E-state index in [1.165, 1.54) is 4.88 Å². The molecule has 0 radical (unpaired) electrons. The summed E-state index contributed by atoms with van der Waals surface area (Å²) in [5, 5.41) is 2.56. The Kier molecular flexibility index (Phi) is 4.14. The number of pyridine rings is 1. The van der Waals surface area contributed by atoms with E-state index in [1.54, 1.807) is 11.3 Å². The van der Waals surface area contributed by atoms with Crippen LogP contribution in [0.4, 0.5) is 0 Å². The van der Waals surface area contributed by atoms with Crippen molar-refractivity contribution in [3.8, 4) is 11.3 Å². The van der Waals surface area contributed by atoms with Gasteiger partial charge in [-0.2, -0.15) is 0 Å². The number of rotatable bonds is 3. The van der Waals surface area contributed by atoms with Crippen LogP contribution in [0.5, 0.6) is 0 Å². The van der Waals surface area contributed by atoms with Crippen molar-refractivity contribution in [1.82, 2.24) is 9.97 Å². The first kappa shape index (κ1) is 17.0. The van der Waals surface area contributed by atoms with E-state index in [0.717, 1.165) is 56.1 Å². The molecule has 1 aliphatic rings. The lowest BCUT2D eigenvalue weighted by atomic mass is 9.96. The third kappa shape index (κ3) is 2.79. The molecule has 0 N–H and O–H groups in total. The van der Waals surface area contributed by atoms with E-state index >= 15 is 0 Å². The van der Waals surface area contributed by atoms with Crippen LogP contribution in [-0.2, 0) is 5.41 Å². The fourth-order valence-corrected chi connectivity index (χ4v) is 5.38. The predicted molar refractivity (Wildman–Crippen MR) is 106 cm³/mol.